The fourth-order valence-electron chi connectivity index (χ4n) is 6.34. The normalized spacial score (nSPS) is 13.7. The van der Waals surface area contributed by atoms with Crippen molar-refractivity contribution in [2.24, 2.45) is 0 Å². The van der Waals surface area contributed by atoms with Crippen LogP contribution in [-0.2, 0) is 0 Å². The summed E-state index contributed by atoms with van der Waals surface area (Å²) in [6.45, 7) is 0.0652. The molecule has 5 aromatic carbocycles. The van der Waals surface area contributed by atoms with Crippen LogP contribution in [0.25, 0.3) is 38.1 Å². The zero-order chi connectivity index (χ0) is 22.0. The van der Waals surface area contributed by atoms with Gasteiger partial charge in [0.05, 0.1) is 21.9 Å². The summed E-state index contributed by atoms with van der Waals surface area (Å²) in [6.07, 6.45) is 0. The summed E-state index contributed by atoms with van der Waals surface area (Å²) in [5.74, 6) is 3.65. The lowest BCUT2D eigenvalue weighted by Crippen LogP contribution is -2.57. The molecule has 4 heteroatoms. The molecular formula is C30H16BNO2. The van der Waals surface area contributed by atoms with Gasteiger partial charge in [-0.2, -0.15) is 0 Å². The van der Waals surface area contributed by atoms with Crippen molar-refractivity contribution < 1.29 is 9.47 Å². The maximum Gasteiger partial charge on any atom is 0.260 e. The third kappa shape index (κ3) is 1.85. The van der Waals surface area contributed by atoms with Crippen LogP contribution in [-0.4, -0.2) is 11.1 Å². The molecule has 156 valence electrons. The Balaban J connectivity index is 1.54. The van der Waals surface area contributed by atoms with Gasteiger partial charge in [-0.15, -0.1) is 0 Å². The van der Waals surface area contributed by atoms with E-state index in [9.17, 15) is 0 Å². The number of hydrogen-bond acceptors (Lipinski definition) is 2. The minimum atomic E-state index is 0.0652. The van der Waals surface area contributed by atoms with E-state index in [-0.39, 0.29) is 6.71 Å². The standard InChI is InChI=1S/C30H16BNO2/c1-4-11-22-17(8-1)19-16-21-30(27-18-9-2-5-12-23(18)32(22)29(19)27)34-26-15-7-14-25-28(26)31(21)20-10-3-6-13-24(20)33-25/h1-16H. The fraction of sp³-hybridized carbons (Fsp3) is 0. The Hall–Kier alpha value is -4.44. The molecule has 0 saturated heterocycles. The van der Waals surface area contributed by atoms with Crippen LogP contribution in [0, 0.1) is 0 Å². The second-order valence-electron chi connectivity index (χ2n) is 9.28. The Morgan fingerprint density at radius 1 is 0.559 bits per heavy atom. The molecule has 2 aliphatic rings. The number of nitrogens with zero attached hydrogens (tertiary/aromatic N) is 1. The molecule has 0 N–H and O–H groups in total. The summed E-state index contributed by atoms with van der Waals surface area (Å²) in [6, 6.07) is 34.3. The number of hydrogen-bond donors (Lipinski definition) is 0. The lowest BCUT2D eigenvalue weighted by Gasteiger charge is -2.33. The van der Waals surface area contributed by atoms with Crippen molar-refractivity contribution in [3.63, 3.8) is 0 Å². The molecule has 0 saturated carbocycles. The van der Waals surface area contributed by atoms with Gasteiger partial charge >= 0.3 is 0 Å². The number of fused-ring (bicyclic) bond motifs is 11. The number of rotatable bonds is 0. The largest absolute Gasteiger partial charge is 0.458 e. The highest BCUT2D eigenvalue weighted by molar-refractivity contribution is 6.98. The van der Waals surface area contributed by atoms with Crippen molar-refractivity contribution in [3.05, 3.63) is 97.1 Å². The van der Waals surface area contributed by atoms with Crippen LogP contribution < -0.4 is 25.9 Å². The van der Waals surface area contributed by atoms with Gasteiger partial charge in [-0.05, 0) is 41.3 Å². The van der Waals surface area contributed by atoms with E-state index in [1.807, 2.05) is 12.1 Å². The molecule has 34 heavy (non-hydrogen) atoms. The second-order valence-corrected chi connectivity index (χ2v) is 9.28. The van der Waals surface area contributed by atoms with Gasteiger partial charge in [0.2, 0.25) is 0 Å². The predicted octanol–water partition coefficient (Wildman–Crippen LogP) is 5.56. The Kier molecular flexibility index (Phi) is 2.88. The number of para-hydroxylation sites is 3. The van der Waals surface area contributed by atoms with Gasteiger partial charge in [-0.3, -0.25) is 0 Å². The molecule has 0 spiro atoms. The molecule has 0 unspecified atom stereocenters. The quantitative estimate of drug-likeness (QED) is 0.292. The van der Waals surface area contributed by atoms with Gasteiger partial charge in [0.25, 0.3) is 6.71 Å². The molecule has 0 atom stereocenters. The average Bonchev–Trinajstić information content (AvgIpc) is 3.40. The maximum absolute atomic E-state index is 6.76. The van der Waals surface area contributed by atoms with E-state index < -0.39 is 0 Å². The Labute approximate surface area is 195 Å². The van der Waals surface area contributed by atoms with Crippen LogP contribution in [0.2, 0.25) is 0 Å². The smallest absolute Gasteiger partial charge is 0.260 e. The van der Waals surface area contributed by atoms with E-state index >= 15 is 0 Å². The van der Waals surface area contributed by atoms with Gasteiger partial charge in [0.15, 0.2) is 0 Å². The van der Waals surface area contributed by atoms with Crippen LogP contribution in [0.4, 0.5) is 0 Å². The van der Waals surface area contributed by atoms with Gasteiger partial charge in [0.1, 0.15) is 23.0 Å². The lowest BCUT2D eigenvalue weighted by molar-refractivity contribution is 0.467. The summed E-state index contributed by atoms with van der Waals surface area (Å²) in [5, 5.41) is 4.97. The molecule has 9 rings (SSSR count). The molecule has 0 aliphatic carbocycles. The van der Waals surface area contributed by atoms with Crippen molar-refractivity contribution in [3.8, 4) is 23.0 Å². The topological polar surface area (TPSA) is 22.9 Å². The molecule has 2 aliphatic heterocycles. The minimum absolute atomic E-state index is 0.0652. The van der Waals surface area contributed by atoms with Crippen molar-refractivity contribution >= 4 is 61.2 Å². The first-order valence-corrected chi connectivity index (χ1v) is 11.7. The highest BCUT2D eigenvalue weighted by Gasteiger charge is 2.41. The first-order chi connectivity index (χ1) is 16.9. The highest BCUT2D eigenvalue weighted by atomic mass is 16.5. The molecule has 4 heterocycles. The first-order valence-electron chi connectivity index (χ1n) is 11.7. The molecular weight excluding hydrogens is 417 g/mol. The van der Waals surface area contributed by atoms with E-state index in [0.29, 0.717) is 0 Å². The van der Waals surface area contributed by atoms with E-state index in [4.69, 9.17) is 9.47 Å². The van der Waals surface area contributed by atoms with Gasteiger partial charge in [-0.1, -0.05) is 66.7 Å². The van der Waals surface area contributed by atoms with Gasteiger partial charge in [-0.25, -0.2) is 0 Å². The Morgan fingerprint density at radius 3 is 2.12 bits per heavy atom. The van der Waals surface area contributed by atoms with Crippen molar-refractivity contribution in [2.45, 2.75) is 0 Å². The summed E-state index contributed by atoms with van der Waals surface area (Å²) < 4.78 is 15.5. The summed E-state index contributed by atoms with van der Waals surface area (Å²) in [5.41, 5.74) is 7.20. The van der Waals surface area contributed by atoms with E-state index in [0.717, 1.165) is 28.5 Å². The molecule has 2 aromatic heterocycles. The molecule has 0 amide bonds. The van der Waals surface area contributed by atoms with E-state index in [2.05, 4.69) is 89.3 Å². The van der Waals surface area contributed by atoms with Crippen LogP contribution in [0.1, 0.15) is 0 Å². The molecule has 7 aromatic rings. The Bertz CT molecular complexity index is 1990. The summed E-state index contributed by atoms with van der Waals surface area (Å²) >= 11 is 0. The van der Waals surface area contributed by atoms with Gasteiger partial charge in [0, 0.05) is 21.6 Å². The Morgan fingerprint density at radius 2 is 1.24 bits per heavy atom. The zero-order valence-electron chi connectivity index (χ0n) is 18.1. The van der Waals surface area contributed by atoms with Crippen molar-refractivity contribution in [2.75, 3.05) is 0 Å². The first kappa shape index (κ1) is 17.1. The molecule has 0 fully saturated rings. The third-order valence-electron chi connectivity index (χ3n) is 7.64. The second kappa shape index (κ2) is 5.73. The summed E-state index contributed by atoms with van der Waals surface area (Å²) in [4.78, 5) is 0. The number of benzene rings is 5. The average molecular weight is 433 g/mol. The van der Waals surface area contributed by atoms with Gasteiger partial charge < -0.3 is 13.9 Å². The summed E-state index contributed by atoms with van der Waals surface area (Å²) in [7, 11) is 0. The predicted molar refractivity (Wildman–Crippen MR) is 139 cm³/mol. The zero-order valence-corrected chi connectivity index (χ0v) is 18.1. The molecule has 3 nitrogen and oxygen atoms in total. The van der Waals surface area contributed by atoms with Crippen LogP contribution in [0.3, 0.4) is 0 Å². The number of aromatic nitrogens is 1. The van der Waals surface area contributed by atoms with Crippen LogP contribution in [0.5, 0.6) is 23.0 Å². The SMILES string of the molecule is c1ccc2c(c1)Oc1cccc3c1B2c1cc2c4ccccc4n4c5ccccc5c(c1O3)c24. The third-order valence-corrected chi connectivity index (χ3v) is 7.64. The molecule has 0 radical (unpaired) electrons. The molecule has 0 bridgehead atoms. The van der Waals surface area contributed by atoms with Crippen molar-refractivity contribution in [1.82, 2.24) is 4.40 Å². The van der Waals surface area contributed by atoms with Crippen molar-refractivity contribution in [1.29, 1.82) is 0 Å². The number of ether oxygens (including phenoxy) is 2. The minimum Gasteiger partial charge on any atom is -0.458 e. The van der Waals surface area contributed by atoms with E-state index in [1.54, 1.807) is 0 Å². The monoisotopic (exact) mass is 433 g/mol. The van der Waals surface area contributed by atoms with E-state index in [1.165, 1.54) is 49.0 Å². The maximum atomic E-state index is 6.76. The lowest BCUT2D eigenvalue weighted by atomic mass is 9.34. The highest BCUT2D eigenvalue weighted by Crippen LogP contribution is 2.45. The van der Waals surface area contributed by atoms with Crippen LogP contribution in [0.15, 0.2) is 97.1 Å². The fourth-order valence-corrected chi connectivity index (χ4v) is 6.34. The van der Waals surface area contributed by atoms with Crippen LogP contribution >= 0.6 is 0 Å².